The van der Waals surface area contributed by atoms with Gasteiger partial charge in [-0.25, -0.2) is 4.79 Å². The standard InChI is InChI=1S/C11H13N5OS/c17-11(14-10-2-1-7-18-10)15-6-3-9(8-15)16-12-4-5-13-16/h1-2,4-5,7,9H,3,6,8H2,(H,14,17)/t9-/m1/s1. The first kappa shape index (κ1) is 11.2. The molecule has 1 aliphatic rings. The highest BCUT2D eigenvalue weighted by Gasteiger charge is 2.28. The summed E-state index contributed by atoms with van der Waals surface area (Å²) in [5, 5.41) is 13.9. The number of likely N-dealkylation sites (tertiary alicyclic amines) is 1. The fourth-order valence-electron chi connectivity index (χ4n) is 2.06. The molecular weight excluding hydrogens is 250 g/mol. The van der Waals surface area contributed by atoms with Crippen molar-refractivity contribution < 1.29 is 4.79 Å². The van der Waals surface area contributed by atoms with Crippen LogP contribution < -0.4 is 5.32 Å². The Balaban J connectivity index is 1.60. The monoisotopic (exact) mass is 263 g/mol. The van der Waals surface area contributed by atoms with E-state index in [9.17, 15) is 4.79 Å². The highest BCUT2D eigenvalue weighted by molar-refractivity contribution is 7.14. The molecule has 1 fully saturated rings. The summed E-state index contributed by atoms with van der Waals surface area (Å²) in [6.45, 7) is 1.40. The van der Waals surface area contributed by atoms with Crippen LogP contribution in [0.1, 0.15) is 12.5 Å². The predicted octanol–water partition coefficient (Wildman–Crippen LogP) is 1.82. The maximum Gasteiger partial charge on any atom is 0.322 e. The van der Waals surface area contributed by atoms with Crippen molar-refractivity contribution in [3.63, 3.8) is 0 Å². The van der Waals surface area contributed by atoms with Crippen molar-refractivity contribution in [2.45, 2.75) is 12.5 Å². The molecule has 0 radical (unpaired) electrons. The SMILES string of the molecule is O=C(Nc1cccs1)N1CC[C@@H](n2nccn2)C1. The van der Waals surface area contributed by atoms with Crippen molar-refractivity contribution >= 4 is 22.4 Å². The topological polar surface area (TPSA) is 63.1 Å². The second-order valence-electron chi connectivity index (χ2n) is 4.15. The Hall–Kier alpha value is -1.89. The van der Waals surface area contributed by atoms with Crippen LogP contribution in [-0.4, -0.2) is 39.0 Å². The van der Waals surface area contributed by atoms with E-state index in [0.29, 0.717) is 6.54 Å². The van der Waals surface area contributed by atoms with Crippen LogP contribution in [0.4, 0.5) is 9.80 Å². The summed E-state index contributed by atoms with van der Waals surface area (Å²) in [6, 6.07) is 3.95. The van der Waals surface area contributed by atoms with Crippen LogP contribution in [0.25, 0.3) is 0 Å². The van der Waals surface area contributed by atoms with Crippen molar-refractivity contribution in [3.05, 3.63) is 29.9 Å². The third-order valence-corrected chi connectivity index (χ3v) is 3.75. The number of nitrogens with one attached hydrogen (secondary N) is 1. The van der Waals surface area contributed by atoms with Crippen LogP contribution in [-0.2, 0) is 0 Å². The third kappa shape index (κ3) is 2.21. The average Bonchev–Trinajstić information content (AvgIpc) is 3.11. The Bertz CT molecular complexity index is 510. The maximum absolute atomic E-state index is 12.0. The first-order valence-corrected chi connectivity index (χ1v) is 6.66. The van der Waals surface area contributed by atoms with E-state index < -0.39 is 0 Å². The largest absolute Gasteiger partial charge is 0.322 e. The van der Waals surface area contributed by atoms with Crippen molar-refractivity contribution in [3.8, 4) is 0 Å². The molecule has 1 saturated heterocycles. The summed E-state index contributed by atoms with van der Waals surface area (Å²) in [5.41, 5.74) is 0. The number of hydrogen-bond acceptors (Lipinski definition) is 4. The highest BCUT2D eigenvalue weighted by atomic mass is 32.1. The minimum Gasteiger partial charge on any atom is -0.322 e. The molecule has 0 spiro atoms. The van der Waals surface area contributed by atoms with Crippen LogP contribution in [0, 0.1) is 0 Å². The van der Waals surface area contributed by atoms with E-state index in [0.717, 1.165) is 18.0 Å². The summed E-state index contributed by atoms with van der Waals surface area (Å²) in [6.07, 6.45) is 4.22. The number of anilines is 1. The zero-order chi connectivity index (χ0) is 12.4. The first-order valence-electron chi connectivity index (χ1n) is 5.78. The van der Waals surface area contributed by atoms with Crippen molar-refractivity contribution in [2.75, 3.05) is 18.4 Å². The number of urea groups is 1. The molecule has 7 heteroatoms. The minimum atomic E-state index is -0.0490. The first-order chi connectivity index (χ1) is 8.83. The molecule has 3 heterocycles. The highest BCUT2D eigenvalue weighted by Crippen LogP contribution is 2.21. The lowest BCUT2D eigenvalue weighted by atomic mass is 10.3. The molecule has 1 N–H and O–H groups in total. The number of rotatable bonds is 2. The molecule has 3 rings (SSSR count). The molecule has 0 bridgehead atoms. The summed E-state index contributed by atoms with van der Waals surface area (Å²) >= 11 is 1.52. The van der Waals surface area contributed by atoms with Crippen LogP contribution in [0.15, 0.2) is 29.9 Å². The van der Waals surface area contributed by atoms with Gasteiger partial charge in [0.25, 0.3) is 0 Å². The van der Waals surface area contributed by atoms with Gasteiger partial charge < -0.3 is 4.90 Å². The van der Waals surface area contributed by atoms with Gasteiger partial charge in [0.05, 0.1) is 23.4 Å². The zero-order valence-corrected chi connectivity index (χ0v) is 10.5. The smallest absolute Gasteiger partial charge is 0.322 e. The number of carbonyl (C=O) groups is 1. The third-order valence-electron chi connectivity index (χ3n) is 2.97. The molecule has 0 unspecified atom stereocenters. The van der Waals surface area contributed by atoms with Crippen molar-refractivity contribution in [2.24, 2.45) is 0 Å². The van der Waals surface area contributed by atoms with Crippen molar-refractivity contribution in [1.82, 2.24) is 19.9 Å². The maximum atomic E-state index is 12.0. The molecule has 2 aromatic rings. The molecule has 18 heavy (non-hydrogen) atoms. The van der Waals surface area contributed by atoms with E-state index >= 15 is 0 Å². The molecule has 0 aromatic carbocycles. The second kappa shape index (κ2) is 4.77. The van der Waals surface area contributed by atoms with Gasteiger partial charge in [0.15, 0.2) is 0 Å². The normalized spacial score (nSPS) is 19.1. The number of hydrogen-bond donors (Lipinski definition) is 1. The van der Waals surface area contributed by atoms with Gasteiger partial charge in [-0.1, -0.05) is 0 Å². The zero-order valence-electron chi connectivity index (χ0n) is 9.69. The van der Waals surface area contributed by atoms with Crippen LogP contribution in [0.2, 0.25) is 0 Å². The predicted molar refractivity (Wildman–Crippen MR) is 68.6 cm³/mol. The van der Waals surface area contributed by atoms with Gasteiger partial charge in [0.2, 0.25) is 0 Å². The lowest BCUT2D eigenvalue weighted by molar-refractivity contribution is 0.220. The lowest BCUT2D eigenvalue weighted by Gasteiger charge is -2.16. The molecule has 2 amide bonds. The summed E-state index contributed by atoms with van der Waals surface area (Å²) in [5.74, 6) is 0. The minimum absolute atomic E-state index is 0.0490. The number of aromatic nitrogens is 3. The average molecular weight is 263 g/mol. The second-order valence-corrected chi connectivity index (χ2v) is 5.09. The van der Waals surface area contributed by atoms with Gasteiger partial charge in [-0.3, -0.25) is 5.32 Å². The van der Waals surface area contributed by atoms with E-state index in [-0.39, 0.29) is 12.1 Å². The number of amides is 2. The number of thiophene rings is 1. The molecule has 1 atom stereocenters. The summed E-state index contributed by atoms with van der Waals surface area (Å²) in [7, 11) is 0. The van der Waals surface area contributed by atoms with Crippen LogP contribution in [0.5, 0.6) is 0 Å². The van der Waals surface area contributed by atoms with E-state index in [1.54, 1.807) is 22.1 Å². The van der Waals surface area contributed by atoms with E-state index in [4.69, 9.17) is 0 Å². The van der Waals surface area contributed by atoms with Gasteiger partial charge >= 0.3 is 6.03 Å². The molecule has 0 saturated carbocycles. The van der Waals surface area contributed by atoms with Crippen LogP contribution in [0.3, 0.4) is 0 Å². The fraction of sp³-hybridized carbons (Fsp3) is 0.364. The number of nitrogens with zero attached hydrogens (tertiary/aromatic N) is 4. The van der Waals surface area contributed by atoms with Gasteiger partial charge in [0.1, 0.15) is 0 Å². The van der Waals surface area contributed by atoms with Gasteiger partial charge in [0, 0.05) is 13.1 Å². The van der Waals surface area contributed by atoms with Gasteiger partial charge in [-0.2, -0.15) is 15.0 Å². The fourth-order valence-corrected chi connectivity index (χ4v) is 2.67. The Labute approximate surface area is 108 Å². The van der Waals surface area contributed by atoms with Crippen molar-refractivity contribution in [1.29, 1.82) is 0 Å². The molecule has 94 valence electrons. The Morgan fingerprint density at radius 2 is 2.28 bits per heavy atom. The van der Waals surface area contributed by atoms with Crippen LogP contribution >= 0.6 is 11.3 Å². The Morgan fingerprint density at radius 1 is 1.44 bits per heavy atom. The van der Waals surface area contributed by atoms with E-state index in [1.165, 1.54) is 11.3 Å². The molecule has 1 aliphatic heterocycles. The molecule has 0 aliphatic carbocycles. The summed E-state index contributed by atoms with van der Waals surface area (Å²) in [4.78, 5) is 15.5. The Kier molecular flexibility index (Phi) is 2.97. The lowest BCUT2D eigenvalue weighted by Crippen LogP contribution is -2.33. The van der Waals surface area contributed by atoms with E-state index in [1.807, 2.05) is 17.5 Å². The van der Waals surface area contributed by atoms with E-state index in [2.05, 4.69) is 15.5 Å². The summed E-state index contributed by atoms with van der Waals surface area (Å²) < 4.78 is 0. The Morgan fingerprint density at radius 3 is 3.00 bits per heavy atom. The quantitative estimate of drug-likeness (QED) is 0.899. The van der Waals surface area contributed by atoms with Gasteiger partial charge in [-0.05, 0) is 23.9 Å². The van der Waals surface area contributed by atoms with Gasteiger partial charge in [-0.15, -0.1) is 11.3 Å². The molecule has 6 nitrogen and oxygen atoms in total. The number of carbonyl (C=O) groups excluding carboxylic acids is 1. The molecule has 2 aromatic heterocycles. The molecular formula is C11H13N5OS.